The van der Waals surface area contributed by atoms with Crippen LogP contribution in [0.25, 0.3) is 11.6 Å². The Morgan fingerprint density at radius 1 is 1.13 bits per heavy atom. The molecule has 1 saturated heterocycles. The smallest absolute Gasteiger partial charge is 0.247 e. The highest BCUT2D eigenvalue weighted by molar-refractivity contribution is 5.46. The largest absolute Gasteiger partial charge is 0.452 e. The fraction of sp³-hybridized carbons (Fsp3) is 0.562. The van der Waals surface area contributed by atoms with E-state index in [4.69, 9.17) is 18.4 Å². The molecule has 0 amide bonds. The molecular weight excluding hydrogens is 298 g/mol. The van der Waals surface area contributed by atoms with Gasteiger partial charge in [0.05, 0.1) is 19.3 Å². The van der Waals surface area contributed by atoms with Gasteiger partial charge in [0, 0.05) is 0 Å². The van der Waals surface area contributed by atoms with Crippen molar-refractivity contribution >= 4 is 0 Å². The van der Waals surface area contributed by atoms with Crippen molar-refractivity contribution in [2.45, 2.75) is 43.8 Å². The van der Waals surface area contributed by atoms with Gasteiger partial charge in [0.15, 0.2) is 11.5 Å². The van der Waals surface area contributed by atoms with Crippen LogP contribution in [0, 0.1) is 11.3 Å². The van der Waals surface area contributed by atoms with Gasteiger partial charge in [-0.05, 0) is 25.0 Å². The molecule has 0 bridgehead atoms. The van der Waals surface area contributed by atoms with Crippen molar-refractivity contribution in [3.63, 3.8) is 0 Å². The van der Waals surface area contributed by atoms with Crippen LogP contribution in [-0.2, 0) is 14.9 Å². The lowest BCUT2D eigenvalue weighted by molar-refractivity contribution is -0.0585. The molecule has 23 heavy (non-hydrogen) atoms. The van der Waals surface area contributed by atoms with Gasteiger partial charge >= 0.3 is 0 Å². The highest BCUT2D eigenvalue weighted by Crippen LogP contribution is 2.39. The molecule has 0 spiro atoms. The molecule has 1 saturated carbocycles. The standard InChI is InChI=1S/C16H17N3O4/c17-10-16(6-2-1-3-7-16)15-18-13(19-23-15)11-4-5-12(22-11)14-20-8-9-21-14/h4-5,14H,1-3,6-9H2. The minimum atomic E-state index is -0.656. The van der Waals surface area contributed by atoms with Crippen molar-refractivity contribution in [2.75, 3.05) is 13.2 Å². The zero-order chi connectivity index (χ0) is 15.7. The Morgan fingerprint density at radius 2 is 1.91 bits per heavy atom. The van der Waals surface area contributed by atoms with E-state index in [9.17, 15) is 5.26 Å². The first-order valence-corrected chi connectivity index (χ1v) is 7.89. The molecule has 0 N–H and O–H groups in total. The lowest BCUT2D eigenvalue weighted by Gasteiger charge is -2.26. The normalized spacial score (nSPS) is 21.3. The van der Waals surface area contributed by atoms with E-state index in [0.717, 1.165) is 32.1 Å². The Morgan fingerprint density at radius 3 is 2.65 bits per heavy atom. The van der Waals surface area contributed by atoms with Crippen LogP contribution in [-0.4, -0.2) is 23.4 Å². The maximum Gasteiger partial charge on any atom is 0.247 e. The minimum absolute atomic E-state index is 0.351. The Hall–Kier alpha value is -2.17. The SMILES string of the molecule is N#CC1(c2nc(-c3ccc(C4OCCO4)o3)no2)CCCCC1. The summed E-state index contributed by atoms with van der Waals surface area (Å²) in [5.74, 6) is 1.81. The van der Waals surface area contributed by atoms with Crippen LogP contribution in [0.1, 0.15) is 50.0 Å². The zero-order valence-electron chi connectivity index (χ0n) is 12.7. The number of nitrogens with zero attached hydrogens (tertiary/aromatic N) is 3. The van der Waals surface area contributed by atoms with E-state index in [1.165, 1.54) is 0 Å². The van der Waals surface area contributed by atoms with E-state index in [2.05, 4.69) is 16.2 Å². The molecule has 0 unspecified atom stereocenters. The maximum absolute atomic E-state index is 9.59. The highest BCUT2D eigenvalue weighted by atomic mass is 16.7. The van der Waals surface area contributed by atoms with Crippen molar-refractivity contribution in [3.8, 4) is 17.7 Å². The van der Waals surface area contributed by atoms with E-state index in [1.54, 1.807) is 12.1 Å². The van der Waals surface area contributed by atoms with Crippen molar-refractivity contribution in [1.29, 1.82) is 5.26 Å². The molecule has 3 heterocycles. The van der Waals surface area contributed by atoms with Crippen LogP contribution in [0.3, 0.4) is 0 Å². The first-order valence-electron chi connectivity index (χ1n) is 7.89. The van der Waals surface area contributed by atoms with Gasteiger partial charge in [0.1, 0.15) is 5.41 Å². The number of ether oxygens (including phenoxy) is 2. The van der Waals surface area contributed by atoms with Gasteiger partial charge in [-0.1, -0.05) is 24.4 Å². The molecule has 2 aromatic heterocycles. The number of nitriles is 1. The van der Waals surface area contributed by atoms with Crippen LogP contribution < -0.4 is 0 Å². The fourth-order valence-corrected chi connectivity index (χ4v) is 3.17. The van der Waals surface area contributed by atoms with Crippen molar-refractivity contribution in [1.82, 2.24) is 10.1 Å². The third kappa shape index (κ3) is 2.54. The van der Waals surface area contributed by atoms with Crippen molar-refractivity contribution in [3.05, 3.63) is 23.8 Å². The monoisotopic (exact) mass is 315 g/mol. The van der Waals surface area contributed by atoms with E-state index >= 15 is 0 Å². The van der Waals surface area contributed by atoms with Crippen LogP contribution >= 0.6 is 0 Å². The predicted octanol–water partition coefficient (Wildman–Crippen LogP) is 3.10. The molecule has 2 fully saturated rings. The van der Waals surface area contributed by atoms with Crippen LogP contribution in [0.4, 0.5) is 0 Å². The molecule has 4 rings (SSSR count). The summed E-state index contributed by atoms with van der Waals surface area (Å²) in [6.45, 7) is 1.11. The molecule has 0 aromatic carbocycles. The number of hydrogen-bond acceptors (Lipinski definition) is 7. The summed E-state index contributed by atoms with van der Waals surface area (Å²) < 4.78 is 21.9. The molecule has 0 radical (unpaired) electrons. The van der Waals surface area contributed by atoms with E-state index in [0.29, 0.717) is 36.4 Å². The quantitative estimate of drug-likeness (QED) is 0.858. The molecule has 7 heteroatoms. The molecule has 0 atom stereocenters. The lowest BCUT2D eigenvalue weighted by Crippen LogP contribution is -2.27. The zero-order valence-corrected chi connectivity index (χ0v) is 12.7. The molecular formula is C16H17N3O4. The molecule has 1 aliphatic carbocycles. The average molecular weight is 315 g/mol. The van der Waals surface area contributed by atoms with E-state index < -0.39 is 11.7 Å². The number of aromatic nitrogens is 2. The van der Waals surface area contributed by atoms with Gasteiger partial charge in [-0.2, -0.15) is 10.2 Å². The third-order valence-electron chi connectivity index (χ3n) is 4.46. The Kier molecular flexibility index (Phi) is 3.63. The summed E-state index contributed by atoms with van der Waals surface area (Å²) in [6.07, 6.45) is 4.21. The van der Waals surface area contributed by atoms with Crippen molar-refractivity contribution in [2.24, 2.45) is 0 Å². The van der Waals surface area contributed by atoms with Gasteiger partial charge in [-0.15, -0.1) is 0 Å². The Balaban J connectivity index is 1.59. The molecule has 7 nitrogen and oxygen atoms in total. The summed E-state index contributed by atoms with van der Waals surface area (Å²) >= 11 is 0. The van der Waals surface area contributed by atoms with Crippen molar-refractivity contribution < 1.29 is 18.4 Å². The number of furan rings is 1. The third-order valence-corrected chi connectivity index (χ3v) is 4.46. The van der Waals surface area contributed by atoms with Crippen LogP contribution in [0.2, 0.25) is 0 Å². The highest BCUT2D eigenvalue weighted by Gasteiger charge is 2.40. The van der Waals surface area contributed by atoms with Gasteiger partial charge < -0.3 is 18.4 Å². The molecule has 2 aliphatic rings. The molecule has 2 aromatic rings. The second-order valence-electron chi connectivity index (χ2n) is 5.95. The van der Waals surface area contributed by atoms with E-state index in [-0.39, 0.29) is 0 Å². The second kappa shape index (κ2) is 5.80. The predicted molar refractivity (Wildman–Crippen MR) is 77.0 cm³/mol. The summed E-state index contributed by atoms with van der Waals surface area (Å²) in [5.41, 5.74) is -0.656. The first kappa shape index (κ1) is 14.4. The Labute approximate surface area is 133 Å². The first-order chi connectivity index (χ1) is 11.3. The maximum atomic E-state index is 9.59. The summed E-state index contributed by atoms with van der Waals surface area (Å²) in [7, 11) is 0. The second-order valence-corrected chi connectivity index (χ2v) is 5.95. The van der Waals surface area contributed by atoms with Gasteiger partial charge in [-0.3, -0.25) is 0 Å². The lowest BCUT2D eigenvalue weighted by atomic mass is 9.75. The summed E-state index contributed by atoms with van der Waals surface area (Å²) in [6, 6.07) is 5.92. The molecule has 120 valence electrons. The Bertz CT molecular complexity index is 718. The summed E-state index contributed by atoms with van der Waals surface area (Å²) in [5, 5.41) is 13.6. The van der Waals surface area contributed by atoms with Gasteiger partial charge in [0.25, 0.3) is 0 Å². The fourth-order valence-electron chi connectivity index (χ4n) is 3.17. The number of hydrogen-bond donors (Lipinski definition) is 0. The topological polar surface area (TPSA) is 94.3 Å². The van der Waals surface area contributed by atoms with Gasteiger partial charge in [-0.25, -0.2) is 0 Å². The van der Waals surface area contributed by atoms with Crippen LogP contribution in [0.5, 0.6) is 0 Å². The minimum Gasteiger partial charge on any atom is -0.452 e. The summed E-state index contributed by atoms with van der Waals surface area (Å²) in [4.78, 5) is 4.41. The van der Waals surface area contributed by atoms with E-state index in [1.807, 2.05) is 0 Å². The van der Waals surface area contributed by atoms with Gasteiger partial charge in [0.2, 0.25) is 18.0 Å². The average Bonchev–Trinajstić information content (AvgIpc) is 3.34. The molecule has 1 aliphatic heterocycles. The number of rotatable bonds is 3. The van der Waals surface area contributed by atoms with Crippen LogP contribution in [0.15, 0.2) is 21.1 Å².